The molecule has 0 amide bonds. The zero-order chi connectivity index (χ0) is 8.70. The molecule has 0 unspecified atom stereocenters. The molecule has 0 aromatic heterocycles. The average Bonchev–Trinajstić information content (AvgIpc) is 2.45. The minimum Gasteiger partial charge on any atom is -0.385 e. The van der Waals surface area contributed by atoms with E-state index in [1.807, 2.05) is 0 Å². The summed E-state index contributed by atoms with van der Waals surface area (Å²) in [5, 5.41) is 10.9. The fourth-order valence-electron chi connectivity index (χ4n) is 1.50. The van der Waals surface area contributed by atoms with Gasteiger partial charge in [0.15, 0.2) is 0 Å². The predicted molar refractivity (Wildman–Crippen MR) is 50.2 cm³/mol. The third-order valence-corrected chi connectivity index (χ3v) is 4.26. The van der Waals surface area contributed by atoms with Crippen LogP contribution in [-0.4, -0.2) is 18.8 Å². The molecule has 2 heteroatoms. The van der Waals surface area contributed by atoms with Crippen LogP contribution in [0, 0.1) is 0 Å². The van der Waals surface area contributed by atoms with Crippen LogP contribution in [0.4, 0.5) is 0 Å². The average molecular weight is 168 g/mol. The van der Waals surface area contributed by atoms with Crippen LogP contribution >= 0.6 is 0 Å². The second-order valence-corrected chi connectivity index (χ2v) is 9.33. The van der Waals surface area contributed by atoms with E-state index in [1.54, 1.807) is 0 Å². The van der Waals surface area contributed by atoms with Crippen LogP contribution in [0.15, 0.2) is 17.5 Å². The minimum atomic E-state index is -1.37. The third kappa shape index (κ3) is 1.64. The lowest BCUT2D eigenvalue weighted by Crippen LogP contribution is -2.32. The quantitative estimate of drug-likeness (QED) is 0.494. The molecule has 11 heavy (non-hydrogen) atoms. The predicted octanol–water partition coefficient (Wildman–Crippen LogP) is 2.10. The molecule has 0 heterocycles. The van der Waals surface area contributed by atoms with Gasteiger partial charge in [0.2, 0.25) is 0 Å². The Balaban J connectivity index is 2.91. The Hall–Kier alpha value is -0.303. The van der Waals surface area contributed by atoms with Gasteiger partial charge in [0.1, 0.15) is 0 Å². The molecule has 1 saturated carbocycles. The number of rotatable bonds is 2. The van der Waals surface area contributed by atoms with Crippen molar-refractivity contribution in [3.63, 3.8) is 0 Å². The first-order chi connectivity index (χ1) is 4.90. The van der Waals surface area contributed by atoms with Crippen molar-refractivity contribution in [1.29, 1.82) is 0 Å². The van der Waals surface area contributed by atoms with Crippen LogP contribution in [0.2, 0.25) is 19.6 Å². The molecule has 0 aliphatic heterocycles. The van der Waals surface area contributed by atoms with Crippen LogP contribution in [0.3, 0.4) is 0 Å². The molecule has 0 bridgehead atoms. The molecular formula is C9H16OSi. The van der Waals surface area contributed by atoms with Crippen molar-refractivity contribution in [1.82, 2.24) is 0 Å². The molecule has 1 nitrogen and oxygen atoms in total. The summed E-state index contributed by atoms with van der Waals surface area (Å²) in [4.78, 5) is 0. The van der Waals surface area contributed by atoms with E-state index < -0.39 is 13.7 Å². The summed E-state index contributed by atoms with van der Waals surface area (Å²) < 4.78 is 0. The Kier molecular flexibility index (Phi) is 1.87. The van der Waals surface area contributed by atoms with E-state index in [1.165, 1.54) is 0 Å². The van der Waals surface area contributed by atoms with E-state index in [-0.39, 0.29) is 0 Å². The lowest BCUT2D eigenvalue weighted by Gasteiger charge is -2.23. The highest BCUT2D eigenvalue weighted by Gasteiger charge is 2.48. The van der Waals surface area contributed by atoms with Crippen molar-refractivity contribution in [2.45, 2.75) is 38.1 Å². The molecule has 1 fully saturated rings. The van der Waals surface area contributed by atoms with Crippen LogP contribution in [-0.2, 0) is 0 Å². The van der Waals surface area contributed by atoms with Gasteiger partial charge in [-0.3, -0.25) is 0 Å². The van der Waals surface area contributed by atoms with Crippen molar-refractivity contribution >= 4 is 8.07 Å². The van der Waals surface area contributed by atoms with Crippen LogP contribution < -0.4 is 0 Å². The normalized spacial score (nSPS) is 20.7. The standard InChI is InChI=1S/C9H16OSi/c1-5-8(11(2,3)4)9(10)6-7-9/h10H,1,6-7H2,2-4H3. The first-order valence-electron chi connectivity index (χ1n) is 4.03. The molecule has 1 aliphatic rings. The van der Waals surface area contributed by atoms with Crippen molar-refractivity contribution < 1.29 is 5.11 Å². The first kappa shape index (κ1) is 8.79. The van der Waals surface area contributed by atoms with Gasteiger partial charge in [-0.05, 0) is 18.0 Å². The summed E-state index contributed by atoms with van der Waals surface area (Å²) in [5.74, 6) is 0. The van der Waals surface area contributed by atoms with Gasteiger partial charge in [-0.1, -0.05) is 26.2 Å². The van der Waals surface area contributed by atoms with Crippen molar-refractivity contribution in [3.8, 4) is 0 Å². The van der Waals surface area contributed by atoms with E-state index >= 15 is 0 Å². The minimum absolute atomic E-state index is 0.494. The molecule has 0 saturated heterocycles. The Bertz CT molecular complexity index is 207. The lowest BCUT2D eigenvalue weighted by atomic mass is 10.3. The SMILES string of the molecule is C=C=C(C1(O)CC1)[Si](C)(C)C. The lowest BCUT2D eigenvalue weighted by molar-refractivity contribution is 0.196. The Morgan fingerprint density at radius 2 is 1.91 bits per heavy atom. The Labute approximate surface area is 69.4 Å². The topological polar surface area (TPSA) is 20.2 Å². The summed E-state index contributed by atoms with van der Waals surface area (Å²) in [6, 6.07) is 0. The van der Waals surface area contributed by atoms with Crippen LogP contribution in [0.1, 0.15) is 12.8 Å². The van der Waals surface area contributed by atoms with E-state index in [2.05, 4.69) is 32.0 Å². The van der Waals surface area contributed by atoms with Crippen LogP contribution in [0.5, 0.6) is 0 Å². The van der Waals surface area contributed by atoms with Crippen molar-refractivity contribution in [2.75, 3.05) is 0 Å². The van der Waals surface area contributed by atoms with Crippen molar-refractivity contribution in [3.05, 3.63) is 17.5 Å². The van der Waals surface area contributed by atoms with Gasteiger partial charge < -0.3 is 5.11 Å². The Morgan fingerprint density at radius 3 is 2.00 bits per heavy atom. The summed E-state index contributed by atoms with van der Waals surface area (Å²) >= 11 is 0. The summed E-state index contributed by atoms with van der Waals surface area (Å²) in [7, 11) is -1.37. The molecule has 0 radical (unpaired) electrons. The van der Waals surface area contributed by atoms with Gasteiger partial charge in [-0.25, -0.2) is 0 Å². The summed E-state index contributed by atoms with van der Waals surface area (Å²) in [5.41, 5.74) is 2.43. The van der Waals surface area contributed by atoms with Crippen molar-refractivity contribution in [2.24, 2.45) is 0 Å². The molecule has 1 aliphatic carbocycles. The van der Waals surface area contributed by atoms with E-state index in [0.29, 0.717) is 0 Å². The number of hydrogen-bond acceptors (Lipinski definition) is 1. The highest BCUT2D eigenvalue weighted by atomic mass is 28.3. The third-order valence-electron chi connectivity index (χ3n) is 2.12. The zero-order valence-corrected chi connectivity index (χ0v) is 8.57. The molecule has 1 rings (SSSR count). The maximum atomic E-state index is 9.82. The molecule has 1 N–H and O–H groups in total. The van der Waals surface area contributed by atoms with Gasteiger partial charge >= 0.3 is 0 Å². The first-order valence-corrected chi connectivity index (χ1v) is 7.53. The largest absolute Gasteiger partial charge is 0.385 e. The van der Waals surface area contributed by atoms with Gasteiger partial charge in [0, 0.05) is 0 Å². The number of aliphatic hydroxyl groups is 1. The van der Waals surface area contributed by atoms with Gasteiger partial charge in [-0.15, -0.1) is 5.73 Å². The maximum absolute atomic E-state index is 9.82. The molecule has 0 aromatic carbocycles. The second-order valence-electron chi connectivity index (χ2n) is 4.33. The fraction of sp³-hybridized carbons (Fsp3) is 0.667. The van der Waals surface area contributed by atoms with Gasteiger partial charge in [-0.2, -0.15) is 0 Å². The molecule has 62 valence electrons. The van der Waals surface area contributed by atoms with Gasteiger partial charge in [0.25, 0.3) is 0 Å². The molecular weight excluding hydrogens is 152 g/mol. The maximum Gasteiger partial charge on any atom is 0.0895 e. The highest BCUT2D eigenvalue weighted by molar-refractivity contribution is 6.83. The van der Waals surface area contributed by atoms with E-state index in [0.717, 1.165) is 18.0 Å². The van der Waals surface area contributed by atoms with E-state index in [4.69, 9.17) is 0 Å². The zero-order valence-electron chi connectivity index (χ0n) is 7.57. The monoisotopic (exact) mass is 168 g/mol. The summed E-state index contributed by atoms with van der Waals surface area (Å²) in [6.45, 7) is 10.3. The molecule has 0 spiro atoms. The summed E-state index contributed by atoms with van der Waals surface area (Å²) in [6.07, 6.45) is 1.82. The van der Waals surface area contributed by atoms with Crippen LogP contribution in [0.25, 0.3) is 0 Å². The fourth-order valence-corrected chi connectivity index (χ4v) is 3.67. The number of hydrogen-bond donors (Lipinski definition) is 1. The molecule has 0 aromatic rings. The highest BCUT2D eigenvalue weighted by Crippen LogP contribution is 2.44. The smallest absolute Gasteiger partial charge is 0.0895 e. The Morgan fingerprint density at radius 1 is 1.45 bits per heavy atom. The molecule has 0 atom stereocenters. The second kappa shape index (κ2) is 2.34. The van der Waals surface area contributed by atoms with Gasteiger partial charge in [0.05, 0.1) is 13.7 Å². The van der Waals surface area contributed by atoms with E-state index in [9.17, 15) is 5.11 Å².